The molecule has 3 heterocycles. The van der Waals surface area contributed by atoms with Crippen LogP contribution in [0.15, 0.2) is 16.2 Å². The summed E-state index contributed by atoms with van der Waals surface area (Å²) in [4.78, 5) is 18.8. The monoisotopic (exact) mass is 384 g/mol. The minimum Gasteiger partial charge on any atom is -0.307 e. The molecule has 0 aliphatic carbocycles. The van der Waals surface area contributed by atoms with Gasteiger partial charge in [-0.25, -0.2) is 9.67 Å². The number of aromatic nitrogens is 4. The number of aryl methyl sites for hydroxylation is 3. The van der Waals surface area contributed by atoms with Crippen LogP contribution in [0.25, 0.3) is 11.0 Å². The van der Waals surface area contributed by atoms with Crippen LogP contribution in [0.5, 0.6) is 0 Å². The average Bonchev–Trinajstić information content (AvgIpc) is 3.08. The fourth-order valence-corrected chi connectivity index (χ4v) is 3.76. The smallest absolute Gasteiger partial charge is 0.307 e. The molecular weight excluding hydrogens is 365 g/mol. The molecule has 0 saturated heterocycles. The molecule has 9 heteroatoms. The molecule has 0 spiro atoms. The number of aromatic amines is 1. The van der Waals surface area contributed by atoms with Gasteiger partial charge >= 0.3 is 6.18 Å². The minimum atomic E-state index is -4.61. The van der Waals surface area contributed by atoms with Gasteiger partial charge < -0.3 is 4.98 Å². The zero-order valence-corrected chi connectivity index (χ0v) is 15.7. The summed E-state index contributed by atoms with van der Waals surface area (Å²) in [5.74, 6) is 0. The van der Waals surface area contributed by atoms with Crippen LogP contribution in [0.3, 0.4) is 0 Å². The van der Waals surface area contributed by atoms with Gasteiger partial charge in [-0.1, -0.05) is 20.8 Å². The average molecular weight is 384 g/mol. The highest BCUT2D eigenvalue weighted by atomic mass is 32.1. The summed E-state index contributed by atoms with van der Waals surface area (Å²) in [7, 11) is 0. The number of rotatable bonds is 3. The van der Waals surface area contributed by atoms with E-state index in [4.69, 9.17) is 0 Å². The van der Waals surface area contributed by atoms with Crippen molar-refractivity contribution < 1.29 is 13.2 Å². The molecule has 0 unspecified atom stereocenters. The van der Waals surface area contributed by atoms with E-state index in [9.17, 15) is 18.0 Å². The number of fused-ring (bicyclic) bond motifs is 1. The van der Waals surface area contributed by atoms with Crippen molar-refractivity contribution in [1.29, 1.82) is 0 Å². The van der Waals surface area contributed by atoms with E-state index in [0.29, 0.717) is 19.0 Å². The number of halogens is 3. The van der Waals surface area contributed by atoms with Crippen molar-refractivity contribution in [2.75, 3.05) is 0 Å². The Morgan fingerprint density at radius 3 is 2.54 bits per heavy atom. The Morgan fingerprint density at radius 1 is 1.27 bits per heavy atom. The fraction of sp³-hybridized carbons (Fsp3) is 0.471. The van der Waals surface area contributed by atoms with Crippen molar-refractivity contribution in [2.45, 2.75) is 52.3 Å². The molecule has 0 aliphatic rings. The topological polar surface area (TPSA) is 63.6 Å². The van der Waals surface area contributed by atoms with Gasteiger partial charge in [0.25, 0.3) is 0 Å². The number of H-pyrrole nitrogens is 1. The molecule has 5 nitrogen and oxygen atoms in total. The maximum absolute atomic E-state index is 13.3. The molecule has 0 fully saturated rings. The van der Waals surface area contributed by atoms with Crippen molar-refractivity contribution in [1.82, 2.24) is 19.7 Å². The zero-order chi connectivity index (χ0) is 19.3. The summed E-state index contributed by atoms with van der Waals surface area (Å²) < 4.78 is 41.2. The Bertz CT molecular complexity index is 1010. The molecule has 1 N–H and O–H groups in total. The van der Waals surface area contributed by atoms with Crippen LogP contribution in [0.1, 0.15) is 42.7 Å². The lowest BCUT2D eigenvalue weighted by atomic mass is 9.93. The first-order valence-corrected chi connectivity index (χ1v) is 8.97. The second-order valence-electron chi connectivity index (χ2n) is 7.20. The van der Waals surface area contributed by atoms with Gasteiger partial charge in [0.05, 0.1) is 27.3 Å². The number of nitrogens with zero attached hydrogens (tertiary/aromatic N) is 3. The Balaban J connectivity index is 1.96. The van der Waals surface area contributed by atoms with Gasteiger partial charge in [-0.05, 0) is 6.92 Å². The highest BCUT2D eigenvalue weighted by Crippen LogP contribution is 2.34. The van der Waals surface area contributed by atoms with Gasteiger partial charge in [-0.2, -0.15) is 18.3 Å². The Morgan fingerprint density at radius 2 is 1.96 bits per heavy atom. The molecular formula is C17H19F3N4OS. The number of hydrogen-bond acceptors (Lipinski definition) is 4. The number of pyridine rings is 1. The van der Waals surface area contributed by atoms with E-state index in [0.717, 1.165) is 10.7 Å². The number of alkyl halides is 3. The first kappa shape index (κ1) is 18.6. The Hall–Kier alpha value is -2.16. The quantitative estimate of drug-likeness (QED) is 0.741. The maximum Gasteiger partial charge on any atom is 0.417 e. The van der Waals surface area contributed by atoms with Crippen LogP contribution in [-0.4, -0.2) is 19.7 Å². The maximum atomic E-state index is 13.3. The molecule has 0 radical (unpaired) electrons. The van der Waals surface area contributed by atoms with Gasteiger partial charge in [0.2, 0.25) is 5.56 Å². The lowest BCUT2D eigenvalue weighted by Crippen LogP contribution is -2.15. The first-order chi connectivity index (χ1) is 12.0. The largest absolute Gasteiger partial charge is 0.417 e. The molecule has 0 aromatic carbocycles. The molecule has 0 atom stereocenters. The molecule has 0 saturated carbocycles. The van der Waals surface area contributed by atoms with E-state index in [1.807, 2.05) is 5.38 Å². The number of nitrogens with one attached hydrogen (secondary N) is 1. The summed E-state index contributed by atoms with van der Waals surface area (Å²) in [6.07, 6.45) is -4.09. The number of hydrogen-bond donors (Lipinski definition) is 1. The molecule has 3 aromatic heterocycles. The molecule has 3 aromatic rings. The van der Waals surface area contributed by atoms with E-state index < -0.39 is 17.3 Å². The second-order valence-corrected chi connectivity index (χ2v) is 8.15. The van der Waals surface area contributed by atoms with Crippen LogP contribution < -0.4 is 5.56 Å². The van der Waals surface area contributed by atoms with Crippen LogP contribution in [-0.2, 0) is 24.6 Å². The third-order valence-corrected chi connectivity index (χ3v) is 4.99. The van der Waals surface area contributed by atoms with Crippen molar-refractivity contribution in [2.24, 2.45) is 0 Å². The highest BCUT2D eigenvalue weighted by molar-refractivity contribution is 7.09. The summed E-state index contributed by atoms with van der Waals surface area (Å²) >= 11 is 1.51. The zero-order valence-electron chi connectivity index (χ0n) is 14.9. The Labute approximate surface area is 151 Å². The lowest BCUT2D eigenvalue weighted by molar-refractivity contribution is -0.136. The predicted octanol–water partition coefficient (Wildman–Crippen LogP) is 4.05. The summed E-state index contributed by atoms with van der Waals surface area (Å²) in [5, 5.41) is 7.01. The normalized spacial score (nSPS) is 12.9. The summed E-state index contributed by atoms with van der Waals surface area (Å²) in [5.41, 5.74) is -0.504. The van der Waals surface area contributed by atoms with E-state index in [1.165, 1.54) is 22.9 Å². The standard InChI is InChI=1S/C17H19F3N4OS/c1-9-14-10(17(18,19)20)7-12(25)22-15(14)24(23-9)6-5-13-21-11(8-26-13)16(2,3)4/h7-8H,5-6H2,1-4H3,(H,22,25). The van der Waals surface area contributed by atoms with Gasteiger partial charge in [0, 0.05) is 29.8 Å². The van der Waals surface area contributed by atoms with Crippen LogP contribution in [0.2, 0.25) is 0 Å². The van der Waals surface area contributed by atoms with Crippen molar-refractivity contribution in [3.05, 3.63) is 43.8 Å². The third-order valence-electron chi connectivity index (χ3n) is 4.08. The highest BCUT2D eigenvalue weighted by Gasteiger charge is 2.35. The SMILES string of the molecule is Cc1nn(CCc2nc(C(C)(C)C)cs2)c2[nH]c(=O)cc(C(F)(F)F)c12. The minimum absolute atomic E-state index is 0.0589. The van der Waals surface area contributed by atoms with E-state index in [2.05, 4.69) is 35.8 Å². The Kier molecular flexibility index (Phi) is 4.46. The van der Waals surface area contributed by atoms with E-state index >= 15 is 0 Å². The van der Waals surface area contributed by atoms with Gasteiger partial charge in [0.1, 0.15) is 5.65 Å². The van der Waals surface area contributed by atoms with Crippen LogP contribution >= 0.6 is 11.3 Å². The number of thiazole rings is 1. The van der Waals surface area contributed by atoms with Crippen molar-refractivity contribution >= 4 is 22.4 Å². The van der Waals surface area contributed by atoms with Crippen molar-refractivity contribution in [3.8, 4) is 0 Å². The third kappa shape index (κ3) is 3.53. The summed E-state index contributed by atoms with van der Waals surface area (Å²) in [6, 6.07) is 0.581. The molecule has 0 bridgehead atoms. The molecule has 140 valence electrons. The van der Waals surface area contributed by atoms with Crippen LogP contribution in [0, 0.1) is 6.92 Å². The van der Waals surface area contributed by atoms with Crippen LogP contribution in [0.4, 0.5) is 13.2 Å². The predicted molar refractivity (Wildman–Crippen MR) is 94.6 cm³/mol. The van der Waals surface area contributed by atoms with Crippen molar-refractivity contribution in [3.63, 3.8) is 0 Å². The lowest BCUT2D eigenvalue weighted by Gasteiger charge is -2.14. The fourth-order valence-electron chi connectivity index (χ4n) is 2.74. The van der Waals surface area contributed by atoms with E-state index in [-0.39, 0.29) is 22.1 Å². The first-order valence-electron chi connectivity index (χ1n) is 8.09. The second kappa shape index (κ2) is 6.22. The molecule has 26 heavy (non-hydrogen) atoms. The van der Waals surface area contributed by atoms with Gasteiger partial charge in [0.15, 0.2) is 0 Å². The molecule has 3 rings (SSSR count). The van der Waals surface area contributed by atoms with Gasteiger partial charge in [-0.15, -0.1) is 11.3 Å². The van der Waals surface area contributed by atoms with E-state index in [1.54, 1.807) is 0 Å². The molecule has 0 amide bonds. The molecule has 0 aliphatic heterocycles. The van der Waals surface area contributed by atoms with Gasteiger partial charge in [-0.3, -0.25) is 4.79 Å². The summed E-state index contributed by atoms with van der Waals surface area (Å²) in [6.45, 7) is 8.05.